The molecule has 0 amide bonds. The van der Waals surface area contributed by atoms with Crippen LogP contribution in [0.2, 0.25) is 0 Å². The van der Waals surface area contributed by atoms with E-state index in [0.29, 0.717) is 30.3 Å². The van der Waals surface area contributed by atoms with Gasteiger partial charge in [0.1, 0.15) is 12.4 Å². The van der Waals surface area contributed by atoms with Crippen molar-refractivity contribution in [3.8, 4) is 17.2 Å². The van der Waals surface area contributed by atoms with Crippen molar-refractivity contribution in [2.24, 2.45) is 0 Å². The van der Waals surface area contributed by atoms with Crippen molar-refractivity contribution < 1.29 is 26.8 Å². The van der Waals surface area contributed by atoms with Crippen LogP contribution in [-0.2, 0) is 27.3 Å². The second kappa shape index (κ2) is 8.73. The van der Waals surface area contributed by atoms with Crippen LogP contribution < -0.4 is 14.2 Å². The highest BCUT2D eigenvalue weighted by atomic mass is 32.2. The first-order chi connectivity index (χ1) is 12.0. The van der Waals surface area contributed by atoms with Crippen LogP contribution in [0.1, 0.15) is 11.1 Å². The van der Waals surface area contributed by atoms with Gasteiger partial charge in [-0.15, -0.1) is 0 Å². The molecule has 0 aliphatic carbocycles. The number of benzene rings is 2. The molecule has 2 aromatic carbocycles. The van der Waals surface area contributed by atoms with Crippen LogP contribution in [0.5, 0.6) is 17.2 Å². The molecule has 7 heteroatoms. The van der Waals surface area contributed by atoms with Crippen molar-refractivity contribution in [2.75, 3.05) is 27.1 Å². The van der Waals surface area contributed by atoms with Gasteiger partial charge in [0.2, 0.25) is 0 Å². The van der Waals surface area contributed by atoms with E-state index in [9.17, 15) is 8.42 Å². The summed E-state index contributed by atoms with van der Waals surface area (Å²) in [5.74, 6) is 1.85. The lowest BCUT2D eigenvalue weighted by Gasteiger charge is -2.13. The summed E-state index contributed by atoms with van der Waals surface area (Å²) < 4.78 is 43.8. The zero-order valence-electron chi connectivity index (χ0n) is 14.5. The molecular weight excluding hydrogens is 344 g/mol. The van der Waals surface area contributed by atoms with Crippen LogP contribution in [0.4, 0.5) is 0 Å². The third-order valence-corrected chi connectivity index (χ3v) is 4.88. The molecule has 2 aromatic rings. The van der Waals surface area contributed by atoms with E-state index in [1.54, 1.807) is 14.2 Å². The lowest BCUT2D eigenvalue weighted by atomic mass is 10.1. The van der Waals surface area contributed by atoms with E-state index in [1.807, 2.05) is 42.5 Å². The summed E-state index contributed by atoms with van der Waals surface area (Å²) in [6.45, 7) is 0.306. The Morgan fingerprint density at radius 2 is 1.72 bits per heavy atom. The average Bonchev–Trinajstić information content (AvgIpc) is 2.64. The van der Waals surface area contributed by atoms with Crippen molar-refractivity contribution >= 4 is 10.1 Å². The molecule has 0 radical (unpaired) electrons. The molecule has 0 aromatic heterocycles. The molecule has 0 heterocycles. The van der Waals surface area contributed by atoms with E-state index in [4.69, 9.17) is 14.2 Å². The van der Waals surface area contributed by atoms with E-state index >= 15 is 0 Å². The molecule has 0 atom stereocenters. The van der Waals surface area contributed by atoms with E-state index < -0.39 is 10.1 Å². The minimum Gasteiger partial charge on any atom is -0.493 e. The predicted octanol–water partition coefficient (Wildman–Crippen LogP) is 2.80. The molecule has 0 saturated carbocycles. The minimum absolute atomic E-state index is 0.0728. The minimum atomic E-state index is -3.47. The molecule has 6 nitrogen and oxygen atoms in total. The van der Waals surface area contributed by atoms with Crippen molar-refractivity contribution in [1.29, 1.82) is 0 Å². The Hall–Kier alpha value is -2.25. The molecule has 2 rings (SSSR count). The fourth-order valence-corrected chi connectivity index (χ4v) is 3.00. The lowest BCUT2D eigenvalue weighted by molar-refractivity contribution is 0.290. The van der Waals surface area contributed by atoms with Gasteiger partial charge in [0.05, 0.1) is 27.1 Å². The molecule has 0 fully saturated rings. The smallest absolute Gasteiger partial charge is 0.267 e. The predicted molar refractivity (Wildman–Crippen MR) is 94.8 cm³/mol. The number of rotatable bonds is 9. The normalized spacial score (nSPS) is 11.2. The number of hydrogen-bond acceptors (Lipinski definition) is 6. The SMILES string of the molecule is COc1cccc(COc2cccc(CCS(=O)(=O)OC)c2)c1OC. The monoisotopic (exact) mass is 366 g/mol. The van der Waals surface area contributed by atoms with Gasteiger partial charge >= 0.3 is 0 Å². The maximum absolute atomic E-state index is 11.4. The van der Waals surface area contributed by atoms with Gasteiger partial charge in [0, 0.05) is 5.56 Å². The fourth-order valence-electron chi connectivity index (χ4n) is 2.35. The van der Waals surface area contributed by atoms with Crippen LogP contribution in [0, 0.1) is 0 Å². The Labute approximate surface area is 148 Å². The van der Waals surface area contributed by atoms with Gasteiger partial charge in [-0.3, -0.25) is 4.18 Å². The maximum Gasteiger partial charge on any atom is 0.267 e. The summed E-state index contributed by atoms with van der Waals surface area (Å²) >= 11 is 0. The van der Waals surface area contributed by atoms with Gasteiger partial charge < -0.3 is 14.2 Å². The highest BCUT2D eigenvalue weighted by Crippen LogP contribution is 2.31. The van der Waals surface area contributed by atoms with Crippen LogP contribution in [-0.4, -0.2) is 35.5 Å². The molecule has 0 saturated heterocycles. The van der Waals surface area contributed by atoms with Gasteiger partial charge in [0.15, 0.2) is 11.5 Å². The van der Waals surface area contributed by atoms with Crippen LogP contribution in [0.15, 0.2) is 42.5 Å². The Bertz CT molecular complexity index is 801. The highest BCUT2D eigenvalue weighted by Gasteiger charge is 2.11. The Balaban J connectivity index is 2.06. The number of aryl methyl sites for hydroxylation is 1. The Morgan fingerprint density at radius 1 is 0.960 bits per heavy atom. The molecule has 0 spiro atoms. The number of hydrogen-bond donors (Lipinski definition) is 0. The van der Waals surface area contributed by atoms with Crippen molar-refractivity contribution in [1.82, 2.24) is 0 Å². The summed E-state index contributed by atoms with van der Waals surface area (Å²) in [7, 11) is 0.854. The summed E-state index contributed by atoms with van der Waals surface area (Å²) in [4.78, 5) is 0. The highest BCUT2D eigenvalue weighted by molar-refractivity contribution is 7.86. The van der Waals surface area contributed by atoms with E-state index in [1.165, 1.54) is 0 Å². The Kier molecular flexibility index (Phi) is 6.66. The summed E-state index contributed by atoms with van der Waals surface area (Å²) in [6.07, 6.45) is 0.357. The largest absolute Gasteiger partial charge is 0.493 e. The zero-order chi connectivity index (χ0) is 18.3. The number of ether oxygens (including phenoxy) is 3. The molecule has 25 heavy (non-hydrogen) atoms. The second-order valence-electron chi connectivity index (χ2n) is 5.27. The van der Waals surface area contributed by atoms with Crippen molar-refractivity contribution in [2.45, 2.75) is 13.0 Å². The fraction of sp³-hybridized carbons (Fsp3) is 0.333. The molecule has 0 N–H and O–H groups in total. The molecule has 0 aliphatic rings. The van der Waals surface area contributed by atoms with Crippen LogP contribution in [0.3, 0.4) is 0 Å². The summed E-state index contributed by atoms with van der Waals surface area (Å²) in [5.41, 5.74) is 1.71. The van der Waals surface area contributed by atoms with Gasteiger partial charge in [-0.25, -0.2) is 0 Å². The average molecular weight is 366 g/mol. The quantitative estimate of drug-likeness (QED) is 0.636. The van der Waals surface area contributed by atoms with Crippen molar-refractivity contribution in [3.05, 3.63) is 53.6 Å². The first kappa shape index (κ1) is 19.1. The topological polar surface area (TPSA) is 71.1 Å². The standard InChI is InChI=1S/C18H22O6S/c1-21-17-9-5-7-15(18(17)22-2)13-24-16-8-4-6-14(12-16)10-11-25(19,20)23-3/h4-9,12H,10-11,13H2,1-3H3. The van der Waals surface area contributed by atoms with Gasteiger partial charge in [0.25, 0.3) is 10.1 Å². The Morgan fingerprint density at radius 3 is 2.40 bits per heavy atom. The third-order valence-electron chi connectivity index (χ3n) is 3.67. The van der Waals surface area contributed by atoms with Crippen LogP contribution in [0.25, 0.3) is 0 Å². The number of para-hydroxylation sites is 1. The second-order valence-corrected chi connectivity index (χ2v) is 7.12. The lowest BCUT2D eigenvalue weighted by Crippen LogP contribution is -2.10. The van der Waals surface area contributed by atoms with E-state index in [-0.39, 0.29) is 5.75 Å². The summed E-state index contributed by atoms with van der Waals surface area (Å²) in [6, 6.07) is 12.9. The molecule has 0 aliphatic heterocycles. The molecule has 136 valence electrons. The summed E-state index contributed by atoms with van der Waals surface area (Å²) in [5, 5.41) is 0. The van der Waals surface area contributed by atoms with Gasteiger partial charge in [-0.2, -0.15) is 8.42 Å². The molecule has 0 bridgehead atoms. The number of methoxy groups -OCH3 is 2. The molecular formula is C18H22O6S. The van der Waals surface area contributed by atoms with E-state index in [0.717, 1.165) is 18.2 Å². The first-order valence-electron chi connectivity index (χ1n) is 7.69. The first-order valence-corrected chi connectivity index (χ1v) is 9.26. The molecule has 0 unspecified atom stereocenters. The maximum atomic E-state index is 11.4. The van der Waals surface area contributed by atoms with Gasteiger partial charge in [-0.1, -0.05) is 24.3 Å². The third kappa shape index (κ3) is 5.37. The van der Waals surface area contributed by atoms with Crippen molar-refractivity contribution in [3.63, 3.8) is 0 Å². The van der Waals surface area contributed by atoms with E-state index in [2.05, 4.69) is 4.18 Å². The zero-order valence-corrected chi connectivity index (χ0v) is 15.3. The van der Waals surface area contributed by atoms with Crippen LogP contribution >= 0.6 is 0 Å². The van der Waals surface area contributed by atoms with Gasteiger partial charge in [-0.05, 0) is 30.2 Å².